The molecule has 0 unspecified atom stereocenters. The molecule has 0 aliphatic rings. The summed E-state index contributed by atoms with van der Waals surface area (Å²) in [5.74, 6) is -0.914. The second-order valence-corrected chi connectivity index (χ2v) is 3.28. The van der Waals surface area contributed by atoms with Crippen molar-refractivity contribution in [1.29, 1.82) is 5.26 Å². The molecule has 0 amide bonds. The molecule has 0 aliphatic carbocycles. The summed E-state index contributed by atoms with van der Waals surface area (Å²) in [5, 5.41) is 11.4. The van der Waals surface area contributed by atoms with Gasteiger partial charge in [0.15, 0.2) is 0 Å². The lowest BCUT2D eigenvalue weighted by Gasteiger charge is -2.05. The number of hydrogen-bond donors (Lipinski definition) is 1. The van der Waals surface area contributed by atoms with Crippen molar-refractivity contribution in [2.24, 2.45) is 0 Å². The van der Waals surface area contributed by atoms with Gasteiger partial charge in [-0.3, -0.25) is 0 Å². The predicted molar refractivity (Wildman–Crippen MR) is 58.6 cm³/mol. The van der Waals surface area contributed by atoms with E-state index in [4.69, 9.17) is 5.26 Å². The van der Waals surface area contributed by atoms with Crippen LogP contribution in [0, 0.1) is 23.1 Å². The van der Waals surface area contributed by atoms with Crippen LogP contribution in [0.25, 0.3) is 0 Å². The molecule has 3 nitrogen and oxygen atoms in total. The maximum absolute atomic E-state index is 13.0. The molecule has 0 saturated heterocycles. The van der Waals surface area contributed by atoms with Crippen molar-refractivity contribution in [2.45, 2.75) is 0 Å². The second kappa shape index (κ2) is 4.58. The Labute approximate surface area is 96.3 Å². The minimum absolute atomic E-state index is 0.0774. The normalized spacial score (nSPS) is 9.71. The topological polar surface area (TPSA) is 48.7 Å². The number of nitrogens with one attached hydrogen (secondary N) is 1. The SMILES string of the molecule is N#Cc1cc(Nc2cccc(F)n2)ccc1F. The fourth-order valence-corrected chi connectivity index (χ4v) is 1.31. The molecule has 1 heterocycles. The van der Waals surface area contributed by atoms with Gasteiger partial charge in [-0.25, -0.2) is 9.37 Å². The monoisotopic (exact) mass is 231 g/mol. The zero-order valence-electron chi connectivity index (χ0n) is 8.61. The van der Waals surface area contributed by atoms with Crippen molar-refractivity contribution in [3.05, 3.63) is 53.7 Å². The van der Waals surface area contributed by atoms with Gasteiger partial charge in [0.25, 0.3) is 0 Å². The van der Waals surface area contributed by atoms with Crippen molar-refractivity contribution in [3.63, 3.8) is 0 Å². The number of anilines is 2. The zero-order valence-corrected chi connectivity index (χ0v) is 8.61. The van der Waals surface area contributed by atoms with Crippen LogP contribution in [0.1, 0.15) is 5.56 Å². The zero-order chi connectivity index (χ0) is 12.3. The molecule has 1 N–H and O–H groups in total. The fourth-order valence-electron chi connectivity index (χ4n) is 1.31. The minimum atomic E-state index is -0.613. The molecule has 0 saturated carbocycles. The lowest BCUT2D eigenvalue weighted by atomic mass is 10.2. The second-order valence-electron chi connectivity index (χ2n) is 3.28. The van der Waals surface area contributed by atoms with E-state index in [9.17, 15) is 8.78 Å². The maximum Gasteiger partial charge on any atom is 0.214 e. The number of nitriles is 1. The van der Waals surface area contributed by atoms with E-state index in [-0.39, 0.29) is 5.56 Å². The standard InChI is InChI=1S/C12H7F2N3/c13-10-5-4-9(6-8(10)7-15)16-12-3-1-2-11(14)17-12/h1-6H,(H,16,17). The van der Waals surface area contributed by atoms with Crippen molar-refractivity contribution in [1.82, 2.24) is 4.98 Å². The molecular formula is C12H7F2N3. The summed E-state index contributed by atoms with van der Waals surface area (Å²) in [6.07, 6.45) is 0. The minimum Gasteiger partial charge on any atom is -0.340 e. The summed E-state index contributed by atoms with van der Waals surface area (Å²) in [6, 6.07) is 9.96. The lowest BCUT2D eigenvalue weighted by Crippen LogP contribution is -1.96. The fraction of sp³-hybridized carbons (Fsp3) is 0. The Morgan fingerprint density at radius 3 is 2.71 bits per heavy atom. The average Bonchev–Trinajstić information content (AvgIpc) is 2.32. The maximum atomic E-state index is 13.0. The number of hydrogen-bond acceptors (Lipinski definition) is 3. The third-order valence-corrected chi connectivity index (χ3v) is 2.07. The van der Waals surface area contributed by atoms with E-state index in [1.54, 1.807) is 12.1 Å². The molecule has 0 spiro atoms. The highest BCUT2D eigenvalue weighted by Gasteiger charge is 2.03. The highest BCUT2D eigenvalue weighted by Crippen LogP contribution is 2.17. The molecule has 2 aromatic rings. The van der Waals surface area contributed by atoms with E-state index in [1.165, 1.54) is 30.3 Å². The molecule has 84 valence electrons. The Kier molecular flexibility index (Phi) is 2.97. The van der Waals surface area contributed by atoms with Gasteiger partial charge >= 0.3 is 0 Å². The molecule has 0 bridgehead atoms. The number of halogens is 2. The van der Waals surface area contributed by atoms with Crippen molar-refractivity contribution >= 4 is 11.5 Å². The smallest absolute Gasteiger partial charge is 0.214 e. The van der Waals surface area contributed by atoms with Gasteiger partial charge in [0.2, 0.25) is 5.95 Å². The average molecular weight is 231 g/mol. The van der Waals surface area contributed by atoms with Gasteiger partial charge in [-0.15, -0.1) is 0 Å². The van der Waals surface area contributed by atoms with E-state index in [0.717, 1.165) is 0 Å². The van der Waals surface area contributed by atoms with Crippen molar-refractivity contribution < 1.29 is 8.78 Å². The van der Waals surface area contributed by atoms with Crippen molar-refractivity contribution in [3.8, 4) is 6.07 Å². The Morgan fingerprint density at radius 1 is 1.18 bits per heavy atom. The van der Waals surface area contributed by atoms with Crippen LogP contribution in [-0.4, -0.2) is 4.98 Å². The number of nitrogens with zero attached hydrogens (tertiary/aromatic N) is 2. The largest absolute Gasteiger partial charge is 0.340 e. The van der Waals surface area contributed by atoms with Gasteiger partial charge in [-0.1, -0.05) is 6.07 Å². The first kappa shape index (κ1) is 11.0. The summed E-state index contributed by atoms with van der Waals surface area (Å²) in [6.45, 7) is 0. The van der Waals surface area contributed by atoms with Crippen LogP contribution in [0.4, 0.5) is 20.3 Å². The molecule has 0 atom stereocenters. The highest BCUT2D eigenvalue weighted by molar-refractivity contribution is 5.58. The Morgan fingerprint density at radius 2 is 2.00 bits per heavy atom. The van der Waals surface area contributed by atoms with E-state index in [2.05, 4.69) is 10.3 Å². The van der Waals surface area contributed by atoms with Gasteiger partial charge in [0.05, 0.1) is 5.56 Å². The highest BCUT2D eigenvalue weighted by atomic mass is 19.1. The van der Waals surface area contributed by atoms with Crippen LogP contribution in [0.15, 0.2) is 36.4 Å². The quantitative estimate of drug-likeness (QED) is 0.808. The Bertz CT molecular complexity index is 591. The summed E-state index contributed by atoms with van der Waals surface area (Å²) in [5.41, 5.74) is 0.396. The van der Waals surface area contributed by atoms with Crippen LogP contribution in [-0.2, 0) is 0 Å². The number of rotatable bonds is 2. The number of pyridine rings is 1. The predicted octanol–water partition coefficient (Wildman–Crippen LogP) is 2.98. The first-order chi connectivity index (χ1) is 8.19. The van der Waals surface area contributed by atoms with Gasteiger partial charge in [0.1, 0.15) is 17.7 Å². The van der Waals surface area contributed by atoms with E-state index >= 15 is 0 Å². The van der Waals surface area contributed by atoms with E-state index in [1.807, 2.05) is 0 Å². The molecule has 5 heteroatoms. The van der Waals surface area contributed by atoms with Crippen molar-refractivity contribution in [2.75, 3.05) is 5.32 Å². The van der Waals surface area contributed by atoms with E-state index < -0.39 is 11.8 Å². The molecule has 17 heavy (non-hydrogen) atoms. The molecule has 2 rings (SSSR count). The first-order valence-electron chi connectivity index (χ1n) is 4.78. The van der Waals surface area contributed by atoms with Gasteiger partial charge in [-0.05, 0) is 30.3 Å². The molecule has 0 radical (unpaired) electrons. The van der Waals surface area contributed by atoms with E-state index in [0.29, 0.717) is 11.5 Å². The molecule has 1 aromatic heterocycles. The van der Waals surface area contributed by atoms with Crippen LogP contribution in [0.2, 0.25) is 0 Å². The van der Waals surface area contributed by atoms with Crippen LogP contribution in [0.3, 0.4) is 0 Å². The van der Waals surface area contributed by atoms with Crippen LogP contribution >= 0.6 is 0 Å². The third-order valence-electron chi connectivity index (χ3n) is 2.07. The third kappa shape index (κ3) is 2.55. The molecule has 0 aliphatic heterocycles. The first-order valence-corrected chi connectivity index (χ1v) is 4.78. The van der Waals surface area contributed by atoms with Crippen LogP contribution in [0.5, 0.6) is 0 Å². The van der Waals surface area contributed by atoms with Crippen LogP contribution < -0.4 is 5.32 Å². The summed E-state index contributed by atoms with van der Waals surface area (Å²) in [4.78, 5) is 3.59. The summed E-state index contributed by atoms with van der Waals surface area (Å²) >= 11 is 0. The molecule has 1 aromatic carbocycles. The van der Waals surface area contributed by atoms with Gasteiger partial charge in [0, 0.05) is 5.69 Å². The molecule has 0 fully saturated rings. The van der Waals surface area contributed by atoms with Gasteiger partial charge in [-0.2, -0.15) is 9.65 Å². The summed E-state index contributed by atoms with van der Waals surface area (Å²) < 4.78 is 25.9. The lowest BCUT2D eigenvalue weighted by molar-refractivity contribution is 0.585. The Balaban J connectivity index is 2.28. The summed E-state index contributed by atoms with van der Waals surface area (Å²) in [7, 11) is 0. The Hall–Kier alpha value is -2.48. The number of benzene rings is 1. The number of aromatic nitrogens is 1. The molecular weight excluding hydrogens is 224 g/mol. The van der Waals surface area contributed by atoms with Gasteiger partial charge < -0.3 is 5.32 Å².